The highest BCUT2D eigenvalue weighted by molar-refractivity contribution is 7.99. The number of para-hydroxylation sites is 1. The van der Waals surface area contributed by atoms with Gasteiger partial charge in [0, 0.05) is 29.6 Å². The minimum atomic E-state index is -2.43. The fraction of sp³-hybridized carbons (Fsp3) is 0.417. The zero-order chi connectivity index (χ0) is 13.0. The molecule has 6 heteroatoms. The van der Waals surface area contributed by atoms with Crippen LogP contribution in [-0.2, 0) is 4.79 Å². The first-order valence-electron chi connectivity index (χ1n) is 5.72. The van der Waals surface area contributed by atoms with Gasteiger partial charge in [0.25, 0.3) is 5.76 Å². The Morgan fingerprint density at radius 1 is 1.44 bits per heavy atom. The zero-order valence-electron chi connectivity index (χ0n) is 9.66. The van der Waals surface area contributed by atoms with Crippen molar-refractivity contribution in [2.24, 2.45) is 0 Å². The molecule has 1 aromatic carbocycles. The number of hydrogen-bond acceptors (Lipinski definition) is 3. The van der Waals surface area contributed by atoms with E-state index in [4.69, 9.17) is 0 Å². The number of thioether (sulfide) groups is 1. The van der Waals surface area contributed by atoms with Gasteiger partial charge >= 0.3 is 0 Å². The van der Waals surface area contributed by atoms with E-state index >= 15 is 0 Å². The van der Waals surface area contributed by atoms with Gasteiger partial charge < -0.3 is 10.6 Å². The van der Waals surface area contributed by atoms with Crippen molar-refractivity contribution in [3.05, 3.63) is 24.3 Å². The van der Waals surface area contributed by atoms with E-state index in [1.165, 1.54) is 0 Å². The highest BCUT2D eigenvalue weighted by Gasteiger charge is 2.20. The number of hydrogen-bond donors (Lipinski definition) is 2. The third kappa shape index (κ3) is 3.60. The van der Waals surface area contributed by atoms with Crippen LogP contribution >= 0.6 is 11.8 Å². The molecule has 98 valence electrons. The van der Waals surface area contributed by atoms with Crippen molar-refractivity contribution >= 4 is 23.4 Å². The quantitative estimate of drug-likeness (QED) is 0.810. The molecule has 1 saturated heterocycles. The number of carbonyl (C=O) groups is 1. The van der Waals surface area contributed by atoms with Crippen LogP contribution in [0.3, 0.4) is 0 Å². The third-order valence-corrected chi connectivity index (χ3v) is 3.52. The topological polar surface area (TPSA) is 41.1 Å². The molecule has 0 aliphatic carbocycles. The Morgan fingerprint density at radius 3 is 2.89 bits per heavy atom. The van der Waals surface area contributed by atoms with E-state index in [1.807, 2.05) is 0 Å². The second-order valence-electron chi connectivity index (χ2n) is 4.06. The van der Waals surface area contributed by atoms with Crippen molar-refractivity contribution in [3.63, 3.8) is 0 Å². The summed E-state index contributed by atoms with van der Waals surface area (Å²) in [5.74, 6) is -2.38. The highest BCUT2D eigenvalue weighted by atomic mass is 32.2. The maximum atomic E-state index is 12.4. The van der Waals surface area contributed by atoms with Gasteiger partial charge in [0.05, 0.1) is 0 Å². The fourth-order valence-corrected chi connectivity index (χ4v) is 2.49. The molecule has 1 atom stereocenters. The third-order valence-electron chi connectivity index (χ3n) is 2.73. The molecule has 0 aromatic heterocycles. The van der Waals surface area contributed by atoms with Gasteiger partial charge in [0.15, 0.2) is 0 Å². The minimum Gasteiger partial charge on any atom is -0.382 e. The molecular weight excluding hydrogens is 258 g/mol. The lowest BCUT2D eigenvalue weighted by Crippen LogP contribution is -2.31. The van der Waals surface area contributed by atoms with Crippen LogP contribution in [0.15, 0.2) is 29.2 Å². The van der Waals surface area contributed by atoms with Crippen molar-refractivity contribution in [2.75, 3.05) is 11.9 Å². The molecule has 1 fully saturated rings. The van der Waals surface area contributed by atoms with E-state index in [0.29, 0.717) is 35.3 Å². The van der Waals surface area contributed by atoms with Gasteiger partial charge in [0.2, 0.25) is 5.91 Å². The number of amides is 1. The molecular formula is C12H14F2N2OS. The second kappa shape index (κ2) is 6.04. The Hall–Kier alpha value is -1.30. The molecule has 1 heterocycles. The number of halogens is 2. The van der Waals surface area contributed by atoms with Crippen LogP contribution in [0, 0.1) is 0 Å². The minimum absolute atomic E-state index is 0.0528. The number of rotatable bonds is 5. The summed E-state index contributed by atoms with van der Waals surface area (Å²) in [6.45, 7) is 0.562. The molecule has 0 spiro atoms. The Labute approximate surface area is 108 Å². The van der Waals surface area contributed by atoms with Gasteiger partial charge in [-0.2, -0.15) is 8.78 Å². The summed E-state index contributed by atoms with van der Waals surface area (Å²) in [6.07, 6.45) is 1.33. The molecule has 18 heavy (non-hydrogen) atoms. The van der Waals surface area contributed by atoms with Gasteiger partial charge in [-0.25, -0.2) is 0 Å². The summed E-state index contributed by atoms with van der Waals surface area (Å²) in [4.78, 5) is 11.6. The average molecular weight is 272 g/mol. The maximum absolute atomic E-state index is 12.4. The Kier molecular flexibility index (Phi) is 4.41. The van der Waals surface area contributed by atoms with Crippen molar-refractivity contribution in [1.82, 2.24) is 5.32 Å². The standard InChI is InChI=1S/C12H14F2N2OS/c13-12(14)18-10-4-2-1-3-9(10)15-7-8-5-6-11(17)16-8/h1-4,8,12,15H,5-7H2,(H,16,17). The molecule has 1 aliphatic heterocycles. The maximum Gasteiger partial charge on any atom is 0.288 e. The highest BCUT2D eigenvalue weighted by Crippen LogP contribution is 2.31. The van der Waals surface area contributed by atoms with Crippen LogP contribution < -0.4 is 10.6 Å². The number of carbonyl (C=O) groups excluding carboxylic acids is 1. The first-order valence-corrected chi connectivity index (χ1v) is 6.60. The van der Waals surface area contributed by atoms with E-state index in [2.05, 4.69) is 10.6 Å². The van der Waals surface area contributed by atoms with Crippen LogP contribution in [0.1, 0.15) is 12.8 Å². The summed E-state index contributed by atoms with van der Waals surface area (Å²) in [5.41, 5.74) is 0.684. The average Bonchev–Trinajstić information content (AvgIpc) is 2.73. The lowest BCUT2D eigenvalue weighted by atomic mass is 10.2. The molecule has 0 radical (unpaired) electrons. The number of alkyl halides is 2. The van der Waals surface area contributed by atoms with Gasteiger partial charge in [-0.3, -0.25) is 4.79 Å². The van der Waals surface area contributed by atoms with E-state index in [9.17, 15) is 13.6 Å². The molecule has 0 bridgehead atoms. The zero-order valence-corrected chi connectivity index (χ0v) is 10.5. The SMILES string of the molecule is O=C1CCC(CNc2ccccc2SC(F)F)N1. The van der Waals surface area contributed by atoms with Gasteiger partial charge in [0.1, 0.15) is 0 Å². The van der Waals surface area contributed by atoms with Crippen LogP contribution in [0.4, 0.5) is 14.5 Å². The normalized spacial score (nSPS) is 19.1. The lowest BCUT2D eigenvalue weighted by molar-refractivity contribution is -0.119. The van der Waals surface area contributed by atoms with Gasteiger partial charge in [-0.05, 0) is 18.6 Å². The lowest BCUT2D eigenvalue weighted by Gasteiger charge is -2.15. The van der Waals surface area contributed by atoms with E-state index < -0.39 is 5.76 Å². The Bertz CT molecular complexity index is 428. The van der Waals surface area contributed by atoms with Crippen molar-refractivity contribution < 1.29 is 13.6 Å². The number of nitrogens with one attached hydrogen (secondary N) is 2. The van der Waals surface area contributed by atoms with Crippen LogP contribution in [0.25, 0.3) is 0 Å². The molecule has 1 aliphatic rings. The molecule has 2 rings (SSSR count). The van der Waals surface area contributed by atoms with E-state index in [1.54, 1.807) is 24.3 Å². The summed E-state index contributed by atoms with van der Waals surface area (Å²) < 4.78 is 24.7. The number of anilines is 1. The van der Waals surface area contributed by atoms with Gasteiger partial charge in [-0.15, -0.1) is 0 Å². The molecule has 2 N–H and O–H groups in total. The largest absolute Gasteiger partial charge is 0.382 e. The fourth-order valence-electron chi connectivity index (χ4n) is 1.88. The Balaban J connectivity index is 1.94. The summed E-state index contributed by atoms with van der Waals surface area (Å²) in [5, 5.41) is 5.94. The molecule has 0 saturated carbocycles. The van der Waals surface area contributed by atoms with Crippen molar-refractivity contribution in [3.8, 4) is 0 Å². The molecule has 1 amide bonds. The van der Waals surface area contributed by atoms with Crippen molar-refractivity contribution in [1.29, 1.82) is 0 Å². The summed E-state index contributed by atoms with van der Waals surface area (Å²) in [7, 11) is 0. The van der Waals surface area contributed by atoms with Gasteiger partial charge in [-0.1, -0.05) is 23.9 Å². The molecule has 1 aromatic rings. The van der Waals surface area contributed by atoms with Crippen LogP contribution in [-0.4, -0.2) is 24.3 Å². The smallest absolute Gasteiger partial charge is 0.288 e. The Morgan fingerprint density at radius 2 is 2.22 bits per heavy atom. The second-order valence-corrected chi connectivity index (χ2v) is 5.09. The first-order chi connectivity index (χ1) is 8.65. The molecule has 1 unspecified atom stereocenters. The van der Waals surface area contributed by atoms with Crippen LogP contribution in [0.2, 0.25) is 0 Å². The first kappa shape index (κ1) is 13.1. The predicted molar refractivity (Wildman–Crippen MR) is 68.0 cm³/mol. The summed E-state index contributed by atoms with van der Waals surface area (Å²) in [6, 6.07) is 7.04. The summed E-state index contributed by atoms with van der Waals surface area (Å²) >= 11 is 0.525. The van der Waals surface area contributed by atoms with Crippen molar-refractivity contribution in [2.45, 2.75) is 29.5 Å². The monoisotopic (exact) mass is 272 g/mol. The number of benzene rings is 1. The van der Waals surface area contributed by atoms with E-state index in [-0.39, 0.29) is 11.9 Å². The predicted octanol–water partition coefficient (Wildman–Crippen LogP) is 2.69. The van der Waals surface area contributed by atoms with Crippen LogP contribution in [0.5, 0.6) is 0 Å². The molecule has 3 nitrogen and oxygen atoms in total. The van der Waals surface area contributed by atoms with E-state index in [0.717, 1.165) is 6.42 Å².